The molecule has 0 saturated heterocycles. The molecule has 3 heterocycles. The van der Waals surface area contributed by atoms with Crippen LogP contribution in [0.4, 0.5) is 0 Å². The van der Waals surface area contributed by atoms with Crippen LogP contribution in [0.3, 0.4) is 0 Å². The van der Waals surface area contributed by atoms with Gasteiger partial charge in [-0.1, -0.05) is 19.4 Å². The van der Waals surface area contributed by atoms with E-state index in [1.54, 1.807) is 29.5 Å². The maximum absolute atomic E-state index is 5.67. The van der Waals surface area contributed by atoms with Crippen LogP contribution in [-0.2, 0) is 25.8 Å². The summed E-state index contributed by atoms with van der Waals surface area (Å²) in [6.07, 6.45) is 4.70. The Balaban J connectivity index is 1.71. The lowest BCUT2D eigenvalue weighted by atomic mass is 9.86. The number of methoxy groups -OCH3 is 2. The van der Waals surface area contributed by atoms with Gasteiger partial charge >= 0.3 is 0 Å². The second-order valence-corrected chi connectivity index (χ2v) is 7.94. The van der Waals surface area contributed by atoms with Crippen LogP contribution < -0.4 is 9.47 Å². The molecule has 3 nitrogen and oxygen atoms in total. The predicted molar refractivity (Wildman–Crippen MR) is 98.4 cm³/mol. The number of benzene rings is 1. The number of hydrogen-bond donors (Lipinski definition) is 0. The average Bonchev–Trinajstić information content (AvgIpc) is 3.02. The molecule has 0 aliphatic carbocycles. The molecular formula is C20H25NO2S. The highest BCUT2D eigenvalue weighted by atomic mass is 32.1. The van der Waals surface area contributed by atoms with Crippen molar-refractivity contribution in [2.24, 2.45) is 0 Å². The van der Waals surface area contributed by atoms with Gasteiger partial charge in [0.2, 0.25) is 0 Å². The molecule has 1 unspecified atom stereocenters. The molecule has 24 heavy (non-hydrogen) atoms. The van der Waals surface area contributed by atoms with Crippen molar-refractivity contribution in [3.63, 3.8) is 0 Å². The van der Waals surface area contributed by atoms with Gasteiger partial charge in [-0.05, 0) is 42.5 Å². The monoisotopic (exact) mass is 343 g/mol. The van der Waals surface area contributed by atoms with Gasteiger partial charge in [-0.25, -0.2) is 0 Å². The summed E-state index contributed by atoms with van der Waals surface area (Å²) >= 11 is 2.04. The number of hydrogen-bond acceptors (Lipinski definition) is 4. The van der Waals surface area contributed by atoms with Crippen LogP contribution >= 0.6 is 11.3 Å². The summed E-state index contributed by atoms with van der Waals surface area (Å²) in [6, 6.07) is 7.28. The lowest BCUT2D eigenvalue weighted by Crippen LogP contribution is -2.38. The van der Waals surface area contributed by atoms with Gasteiger partial charge in [0, 0.05) is 34.4 Å². The van der Waals surface area contributed by atoms with E-state index in [1.165, 1.54) is 30.4 Å². The maximum atomic E-state index is 5.67. The summed E-state index contributed by atoms with van der Waals surface area (Å²) in [5.41, 5.74) is 4.29. The van der Waals surface area contributed by atoms with Crippen LogP contribution in [0, 0.1) is 0 Å². The summed E-state index contributed by atoms with van der Waals surface area (Å²) < 4.78 is 11.2. The van der Waals surface area contributed by atoms with Gasteiger partial charge in [0.15, 0.2) is 11.5 Å². The van der Waals surface area contributed by atoms with Crippen molar-refractivity contribution in [3.8, 4) is 11.5 Å². The quantitative estimate of drug-likeness (QED) is 0.823. The van der Waals surface area contributed by atoms with E-state index in [-0.39, 0.29) is 0 Å². The van der Waals surface area contributed by atoms with Crippen molar-refractivity contribution in [2.75, 3.05) is 20.8 Å². The number of nitrogens with zero attached hydrogens (tertiary/aromatic N) is 1. The van der Waals surface area contributed by atoms with Crippen LogP contribution in [0.5, 0.6) is 11.5 Å². The molecule has 2 aliphatic rings. The Hall–Kier alpha value is -1.52. The second-order valence-electron chi connectivity index (χ2n) is 6.72. The summed E-state index contributed by atoms with van der Waals surface area (Å²) in [4.78, 5) is 5.79. The first-order valence-electron chi connectivity index (χ1n) is 8.83. The van der Waals surface area contributed by atoms with Crippen LogP contribution in [-0.4, -0.2) is 25.7 Å². The molecule has 0 spiro atoms. The highest BCUT2D eigenvalue weighted by Gasteiger charge is 2.35. The van der Waals surface area contributed by atoms with E-state index in [0.717, 1.165) is 31.0 Å². The molecule has 0 radical (unpaired) electrons. The molecule has 2 aromatic rings. The fourth-order valence-electron chi connectivity index (χ4n) is 4.18. The fraction of sp³-hybridized carbons (Fsp3) is 0.500. The Bertz CT molecular complexity index is 752. The van der Waals surface area contributed by atoms with E-state index in [4.69, 9.17) is 9.47 Å². The van der Waals surface area contributed by atoms with Gasteiger partial charge in [0.1, 0.15) is 0 Å². The topological polar surface area (TPSA) is 21.7 Å². The highest BCUT2D eigenvalue weighted by Crippen LogP contribution is 2.45. The lowest BCUT2D eigenvalue weighted by molar-refractivity contribution is 0.159. The summed E-state index contributed by atoms with van der Waals surface area (Å²) in [5.74, 6) is 1.75. The average molecular weight is 343 g/mol. The third kappa shape index (κ3) is 2.52. The first-order valence-corrected chi connectivity index (χ1v) is 9.65. The van der Waals surface area contributed by atoms with Crippen LogP contribution in [0.15, 0.2) is 18.2 Å². The van der Waals surface area contributed by atoms with E-state index in [1.807, 2.05) is 17.4 Å². The van der Waals surface area contributed by atoms with E-state index in [9.17, 15) is 0 Å². The largest absolute Gasteiger partial charge is 0.493 e. The van der Waals surface area contributed by atoms with Gasteiger partial charge in [0.25, 0.3) is 0 Å². The van der Waals surface area contributed by atoms with Gasteiger partial charge in [-0.2, -0.15) is 0 Å². The molecule has 1 atom stereocenters. The normalized spacial score (nSPS) is 19.4. The maximum Gasteiger partial charge on any atom is 0.165 e. The first kappa shape index (κ1) is 16.0. The van der Waals surface area contributed by atoms with Crippen molar-refractivity contribution in [1.29, 1.82) is 0 Å². The van der Waals surface area contributed by atoms with E-state index in [0.29, 0.717) is 6.04 Å². The smallest absolute Gasteiger partial charge is 0.165 e. The van der Waals surface area contributed by atoms with Gasteiger partial charge in [-0.3, -0.25) is 4.90 Å². The predicted octanol–water partition coefficient (Wildman–Crippen LogP) is 4.37. The van der Waals surface area contributed by atoms with Crippen molar-refractivity contribution >= 4 is 11.3 Å². The van der Waals surface area contributed by atoms with E-state index in [2.05, 4.69) is 24.0 Å². The van der Waals surface area contributed by atoms with Gasteiger partial charge < -0.3 is 9.47 Å². The number of rotatable bonds is 4. The molecule has 0 amide bonds. The molecular weight excluding hydrogens is 318 g/mol. The van der Waals surface area contributed by atoms with Crippen molar-refractivity contribution < 1.29 is 9.47 Å². The molecule has 0 N–H and O–H groups in total. The van der Waals surface area contributed by atoms with Gasteiger partial charge in [0.05, 0.1) is 14.2 Å². The van der Waals surface area contributed by atoms with Crippen molar-refractivity contribution in [3.05, 3.63) is 44.6 Å². The van der Waals surface area contributed by atoms with Gasteiger partial charge in [-0.15, -0.1) is 11.3 Å². The molecule has 0 fully saturated rings. The number of thiophene rings is 1. The van der Waals surface area contributed by atoms with Crippen molar-refractivity contribution in [2.45, 2.75) is 45.2 Å². The molecule has 1 aromatic heterocycles. The standard InChI is InChI=1S/C20H25NO2S/c1-4-5-14-11-15-17-10-13-6-7-18(22-2)20(23-3)16(13)12-21(17)9-8-19(15)24-14/h6-7,11,17H,4-5,8-10,12H2,1-3H3. The summed E-state index contributed by atoms with van der Waals surface area (Å²) in [5, 5.41) is 0. The highest BCUT2D eigenvalue weighted by molar-refractivity contribution is 7.12. The molecule has 4 heteroatoms. The van der Waals surface area contributed by atoms with E-state index < -0.39 is 0 Å². The number of ether oxygens (including phenoxy) is 2. The third-order valence-electron chi connectivity index (χ3n) is 5.33. The minimum Gasteiger partial charge on any atom is -0.493 e. The Morgan fingerprint density at radius 1 is 1.25 bits per heavy atom. The fourth-order valence-corrected chi connectivity index (χ4v) is 5.50. The molecule has 128 valence electrons. The first-order chi connectivity index (χ1) is 11.7. The Kier molecular flexibility index (Phi) is 4.27. The lowest BCUT2D eigenvalue weighted by Gasteiger charge is -2.40. The molecule has 0 bridgehead atoms. The second kappa shape index (κ2) is 6.41. The summed E-state index contributed by atoms with van der Waals surface area (Å²) in [6.45, 7) is 4.36. The Labute approximate surface area is 148 Å². The third-order valence-corrected chi connectivity index (χ3v) is 6.61. The Morgan fingerprint density at radius 3 is 2.88 bits per heavy atom. The molecule has 4 rings (SSSR count). The molecule has 0 saturated carbocycles. The van der Waals surface area contributed by atoms with Crippen LogP contribution in [0.1, 0.15) is 45.8 Å². The molecule has 1 aromatic carbocycles. The minimum atomic E-state index is 0.529. The van der Waals surface area contributed by atoms with E-state index >= 15 is 0 Å². The minimum absolute atomic E-state index is 0.529. The SMILES string of the molecule is CCCc1cc2c(s1)CCN1Cc3c(ccc(OC)c3OC)CC21. The Morgan fingerprint density at radius 2 is 2.12 bits per heavy atom. The van der Waals surface area contributed by atoms with Crippen LogP contribution in [0.25, 0.3) is 0 Å². The zero-order chi connectivity index (χ0) is 16.7. The van der Waals surface area contributed by atoms with Crippen LogP contribution in [0.2, 0.25) is 0 Å². The summed E-state index contributed by atoms with van der Waals surface area (Å²) in [7, 11) is 3.46. The van der Waals surface area contributed by atoms with Crippen molar-refractivity contribution in [1.82, 2.24) is 4.90 Å². The molecule has 2 aliphatic heterocycles. The number of fused-ring (bicyclic) bond motifs is 4. The number of aryl methyl sites for hydroxylation is 1. The zero-order valence-corrected chi connectivity index (χ0v) is 15.5. The zero-order valence-electron chi connectivity index (χ0n) is 14.7.